The van der Waals surface area contributed by atoms with Crippen LogP contribution in [0.25, 0.3) is 0 Å². The first-order valence-corrected chi connectivity index (χ1v) is 12.6. The lowest BCUT2D eigenvalue weighted by atomic mass is 9.98. The van der Waals surface area contributed by atoms with Gasteiger partial charge in [-0.15, -0.1) is 11.3 Å². The number of β-lactam (4-membered cyclic amide) rings is 1. The third-order valence-electron chi connectivity index (χ3n) is 4.89. The van der Waals surface area contributed by atoms with Crippen molar-refractivity contribution in [2.45, 2.75) is 18.7 Å². The number of nitrogens with two attached hydrogens (primary N) is 1. The number of carbonyl (C=O) groups excluding carboxylic acids is 4. The third-order valence-corrected chi connectivity index (χ3v) is 6.47. The minimum absolute atomic E-state index is 0.0118. The van der Waals surface area contributed by atoms with Gasteiger partial charge in [0.1, 0.15) is 18.3 Å². The molecule has 0 spiro atoms. The summed E-state index contributed by atoms with van der Waals surface area (Å²) < 4.78 is 41.3. The number of hydrogen-bond donors (Lipinski definition) is 3. The molecule has 1 fully saturated rings. The molecule has 1 aliphatic heterocycles. The average Bonchev–Trinajstić information content (AvgIpc) is 3.31. The van der Waals surface area contributed by atoms with Crippen LogP contribution in [0.1, 0.15) is 11.3 Å². The lowest BCUT2D eigenvalue weighted by Crippen LogP contribution is -2.74. The van der Waals surface area contributed by atoms with Gasteiger partial charge >= 0.3 is 22.2 Å². The number of nitrogens with zero attached hydrogens (tertiary/aromatic N) is 4. The van der Waals surface area contributed by atoms with Gasteiger partial charge in [-0.3, -0.25) is 24.3 Å². The summed E-state index contributed by atoms with van der Waals surface area (Å²) in [6.45, 7) is -1.05. The Morgan fingerprint density at radius 1 is 1.31 bits per heavy atom. The Hall–Kier alpha value is -4.69. The van der Waals surface area contributed by atoms with Crippen LogP contribution in [-0.2, 0) is 50.4 Å². The molecule has 2 amide bonds. The molecule has 1 saturated heterocycles. The highest BCUT2D eigenvalue weighted by Crippen LogP contribution is 2.25. The summed E-state index contributed by atoms with van der Waals surface area (Å²) in [6.07, 6.45) is 0. The molecule has 0 unspecified atom stereocenters. The van der Waals surface area contributed by atoms with Gasteiger partial charge in [-0.2, -0.15) is 12.7 Å². The largest absolute Gasteiger partial charge is 0.467 e. The summed E-state index contributed by atoms with van der Waals surface area (Å²) in [6, 6.07) is 1.54. The average molecular weight is 587 g/mol. The number of nitrogen functional groups attached to an aromatic ring is 1. The van der Waals surface area contributed by atoms with Crippen molar-refractivity contribution in [3.63, 3.8) is 0 Å². The molecule has 2 aromatic rings. The SMILES string of the molecule is COC(=O)[C@H]1[C@@H](NC(=O)C(=NOCC(=O)OCc2ccc([N+](=O)[O-])cc2)c2csc(N)n2)C(=O)N1S(=O)(=O)O. The van der Waals surface area contributed by atoms with Crippen molar-refractivity contribution in [3.8, 4) is 0 Å². The van der Waals surface area contributed by atoms with Crippen molar-refractivity contribution in [3.05, 3.63) is 51.0 Å². The first kappa shape index (κ1) is 28.9. The summed E-state index contributed by atoms with van der Waals surface area (Å²) in [5.74, 6) is -4.70. The van der Waals surface area contributed by atoms with Crippen LogP contribution in [0, 0.1) is 10.1 Å². The zero-order chi connectivity index (χ0) is 28.9. The number of aromatic nitrogens is 1. The smallest absolute Gasteiger partial charge is 0.363 e. The second-order valence-corrected chi connectivity index (χ2v) is 9.58. The van der Waals surface area contributed by atoms with E-state index >= 15 is 0 Å². The van der Waals surface area contributed by atoms with Crippen molar-refractivity contribution in [1.82, 2.24) is 14.6 Å². The molecule has 0 aliphatic carbocycles. The van der Waals surface area contributed by atoms with Crippen LogP contribution >= 0.6 is 11.3 Å². The highest BCUT2D eigenvalue weighted by Gasteiger charge is 2.58. The number of hydrogen-bond acceptors (Lipinski definition) is 15. The van der Waals surface area contributed by atoms with Crippen molar-refractivity contribution in [2.24, 2.45) is 5.16 Å². The van der Waals surface area contributed by atoms with Crippen molar-refractivity contribution >= 4 is 61.9 Å². The van der Waals surface area contributed by atoms with Gasteiger partial charge in [0.05, 0.1) is 12.0 Å². The fourth-order valence-electron chi connectivity index (χ4n) is 3.09. The van der Waals surface area contributed by atoms with E-state index < -0.39 is 63.4 Å². The minimum atomic E-state index is -5.14. The molecule has 18 nitrogen and oxygen atoms in total. The molecule has 0 bridgehead atoms. The predicted molar refractivity (Wildman–Crippen MR) is 128 cm³/mol. The van der Waals surface area contributed by atoms with Crippen LogP contribution < -0.4 is 11.1 Å². The number of carbonyl (C=O) groups is 4. The molecule has 3 rings (SSSR count). The van der Waals surface area contributed by atoms with Gasteiger partial charge in [0.25, 0.3) is 17.5 Å². The molecule has 2 atom stereocenters. The summed E-state index contributed by atoms with van der Waals surface area (Å²) in [7, 11) is -4.25. The zero-order valence-electron chi connectivity index (χ0n) is 19.6. The van der Waals surface area contributed by atoms with E-state index in [0.717, 1.165) is 18.4 Å². The molecule has 0 radical (unpaired) electrons. The van der Waals surface area contributed by atoms with E-state index in [1.54, 1.807) is 0 Å². The van der Waals surface area contributed by atoms with Gasteiger partial charge < -0.3 is 25.4 Å². The van der Waals surface area contributed by atoms with Gasteiger partial charge in [0, 0.05) is 17.5 Å². The van der Waals surface area contributed by atoms with Gasteiger partial charge in [0.15, 0.2) is 16.9 Å². The van der Waals surface area contributed by atoms with E-state index in [4.69, 9.17) is 15.3 Å². The highest BCUT2D eigenvalue weighted by atomic mass is 32.2. The number of benzene rings is 1. The Morgan fingerprint density at radius 2 is 1.97 bits per heavy atom. The number of esters is 2. The van der Waals surface area contributed by atoms with E-state index in [1.807, 2.05) is 0 Å². The number of nitro groups is 1. The molecule has 39 heavy (non-hydrogen) atoms. The Balaban J connectivity index is 1.68. The number of methoxy groups -OCH3 is 1. The fourth-order valence-corrected chi connectivity index (χ4v) is 4.48. The second-order valence-electron chi connectivity index (χ2n) is 7.40. The number of rotatable bonds is 11. The summed E-state index contributed by atoms with van der Waals surface area (Å²) in [4.78, 5) is 67.9. The molecule has 1 aromatic carbocycles. The summed E-state index contributed by atoms with van der Waals surface area (Å²) in [5.41, 5.74) is 5.11. The first-order valence-electron chi connectivity index (χ1n) is 10.3. The van der Waals surface area contributed by atoms with Gasteiger partial charge in [-0.25, -0.2) is 14.6 Å². The lowest BCUT2D eigenvalue weighted by molar-refractivity contribution is -0.384. The molecule has 0 saturated carbocycles. The minimum Gasteiger partial charge on any atom is -0.467 e. The third kappa shape index (κ3) is 6.80. The Labute approximate surface area is 222 Å². The molecular formula is C19H18N6O12S2. The monoisotopic (exact) mass is 586 g/mol. The van der Waals surface area contributed by atoms with E-state index in [2.05, 4.69) is 20.2 Å². The second kappa shape index (κ2) is 11.8. The van der Waals surface area contributed by atoms with Gasteiger partial charge in [-0.05, 0) is 17.7 Å². The molecule has 1 aromatic heterocycles. The number of nitrogens with one attached hydrogen (secondary N) is 1. The number of thiazole rings is 1. The Kier molecular flexibility index (Phi) is 8.73. The van der Waals surface area contributed by atoms with Gasteiger partial charge in [0.2, 0.25) is 6.61 Å². The van der Waals surface area contributed by atoms with Crippen LogP contribution in [0.2, 0.25) is 0 Å². The molecule has 2 heterocycles. The maximum Gasteiger partial charge on any atom is 0.363 e. The van der Waals surface area contributed by atoms with Crippen LogP contribution in [0.5, 0.6) is 0 Å². The quantitative estimate of drug-likeness (QED) is 0.0695. The van der Waals surface area contributed by atoms with Crippen molar-refractivity contribution < 1.29 is 51.4 Å². The molecule has 20 heteroatoms. The van der Waals surface area contributed by atoms with Crippen LogP contribution in [0.4, 0.5) is 10.8 Å². The Bertz CT molecular complexity index is 1440. The van der Waals surface area contributed by atoms with Gasteiger partial charge in [-0.1, -0.05) is 5.16 Å². The van der Waals surface area contributed by atoms with E-state index in [1.165, 1.54) is 29.6 Å². The van der Waals surface area contributed by atoms with Crippen LogP contribution in [0.15, 0.2) is 34.8 Å². The summed E-state index contributed by atoms with van der Waals surface area (Å²) in [5, 5.41) is 17.6. The van der Waals surface area contributed by atoms with E-state index in [0.29, 0.717) is 5.56 Å². The molecule has 208 valence electrons. The maximum absolute atomic E-state index is 12.9. The normalized spacial score (nSPS) is 17.1. The number of oxime groups is 1. The number of anilines is 1. The number of ether oxygens (including phenoxy) is 2. The molecule has 1 aliphatic rings. The number of non-ortho nitro benzene ring substituents is 1. The number of nitro benzene ring substituents is 1. The standard InChI is InChI=1S/C19H18N6O12S2/c1-35-18(29)15-14(17(28)24(15)39(32,33)34)22-16(27)13(11-8-38-19(20)21-11)23-37-7-12(26)36-6-9-2-4-10(5-3-9)25(30)31/h2-5,8,14-15H,6-7H2,1H3,(H2,20,21)(H,22,27)(H,32,33,34)/t14-,15-/m1/s1. The summed E-state index contributed by atoms with van der Waals surface area (Å²) >= 11 is 0.905. The van der Waals surface area contributed by atoms with Crippen LogP contribution in [0.3, 0.4) is 0 Å². The highest BCUT2D eigenvalue weighted by molar-refractivity contribution is 7.84. The first-order chi connectivity index (χ1) is 18.3. The van der Waals surface area contributed by atoms with E-state index in [9.17, 15) is 42.3 Å². The predicted octanol–water partition coefficient (Wildman–Crippen LogP) is -1.23. The lowest BCUT2D eigenvalue weighted by Gasteiger charge is -2.41. The van der Waals surface area contributed by atoms with Crippen LogP contribution in [-0.4, -0.2) is 82.4 Å². The zero-order valence-corrected chi connectivity index (χ0v) is 21.2. The fraction of sp³-hybridized carbons (Fsp3) is 0.263. The van der Waals surface area contributed by atoms with E-state index in [-0.39, 0.29) is 27.4 Å². The van der Waals surface area contributed by atoms with Crippen molar-refractivity contribution in [2.75, 3.05) is 19.5 Å². The molecular weight excluding hydrogens is 568 g/mol. The maximum atomic E-state index is 12.9. The number of amides is 2. The molecule has 4 N–H and O–H groups in total. The Morgan fingerprint density at radius 3 is 2.51 bits per heavy atom. The topological polar surface area (TPSA) is 260 Å². The van der Waals surface area contributed by atoms with Crippen molar-refractivity contribution in [1.29, 1.82) is 0 Å².